The smallest absolute Gasteiger partial charge is 0.255 e. The highest BCUT2D eigenvalue weighted by atomic mass is 19.3. The van der Waals surface area contributed by atoms with Gasteiger partial charge in [0.2, 0.25) is 0 Å². The lowest BCUT2D eigenvalue weighted by Gasteiger charge is -2.20. The van der Waals surface area contributed by atoms with Crippen molar-refractivity contribution in [2.45, 2.75) is 18.8 Å². The summed E-state index contributed by atoms with van der Waals surface area (Å²) in [6, 6.07) is 0. The normalized spacial score (nSPS) is 25.9. The zero-order valence-electron chi connectivity index (χ0n) is 6.22. The Kier molecular flexibility index (Phi) is 2.78. The highest BCUT2D eigenvalue weighted by Gasteiger charge is 2.40. The molecule has 4 heteroatoms. The van der Waals surface area contributed by atoms with Crippen molar-refractivity contribution < 1.29 is 18.6 Å². The van der Waals surface area contributed by atoms with Crippen molar-refractivity contribution in [2.24, 2.45) is 5.92 Å². The molecule has 11 heavy (non-hydrogen) atoms. The third-order valence-corrected chi connectivity index (χ3v) is 1.97. The number of halogens is 2. The standard InChI is InChI=1S/C7H12F2O2/c8-7(9,2-3-10)6-1-4-11-5-6/h6,10H,1-5H2. The molecule has 1 N–H and O–H groups in total. The second kappa shape index (κ2) is 3.45. The highest BCUT2D eigenvalue weighted by molar-refractivity contribution is 4.79. The lowest BCUT2D eigenvalue weighted by Crippen LogP contribution is -2.29. The van der Waals surface area contributed by atoms with Crippen molar-refractivity contribution in [1.82, 2.24) is 0 Å². The first-order chi connectivity index (χ1) is 5.17. The molecule has 1 heterocycles. The third-order valence-electron chi connectivity index (χ3n) is 1.97. The molecule has 0 amide bonds. The second-order valence-corrected chi connectivity index (χ2v) is 2.80. The maximum absolute atomic E-state index is 12.9. The van der Waals surface area contributed by atoms with Crippen LogP contribution in [-0.4, -0.2) is 30.8 Å². The van der Waals surface area contributed by atoms with Crippen molar-refractivity contribution in [3.63, 3.8) is 0 Å². The molecule has 1 fully saturated rings. The molecule has 0 aromatic rings. The fourth-order valence-electron chi connectivity index (χ4n) is 1.22. The number of aliphatic hydroxyl groups excluding tert-OH is 1. The van der Waals surface area contributed by atoms with Crippen LogP contribution in [0.15, 0.2) is 0 Å². The molecule has 0 bridgehead atoms. The average Bonchev–Trinajstić information content (AvgIpc) is 2.37. The maximum atomic E-state index is 12.9. The number of rotatable bonds is 3. The van der Waals surface area contributed by atoms with Crippen molar-refractivity contribution in [3.05, 3.63) is 0 Å². The van der Waals surface area contributed by atoms with E-state index >= 15 is 0 Å². The fraction of sp³-hybridized carbons (Fsp3) is 1.00. The number of ether oxygens (including phenoxy) is 1. The molecule has 0 aliphatic carbocycles. The number of hydrogen-bond acceptors (Lipinski definition) is 2. The molecule has 1 atom stereocenters. The fourth-order valence-corrected chi connectivity index (χ4v) is 1.22. The Hall–Kier alpha value is -0.220. The zero-order chi connectivity index (χ0) is 8.32. The Morgan fingerprint density at radius 3 is 2.73 bits per heavy atom. The van der Waals surface area contributed by atoms with E-state index in [4.69, 9.17) is 9.84 Å². The molecule has 0 aromatic carbocycles. The number of aliphatic hydroxyl groups is 1. The van der Waals surface area contributed by atoms with Crippen LogP contribution in [0.1, 0.15) is 12.8 Å². The van der Waals surface area contributed by atoms with Gasteiger partial charge >= 0.3 is 0 Å². The van der Waals surface area contributed by atoms with Gasteiger partial charge in [-0.3, -0.25) is 0 Å². The number of hydrogen-bond donors (Lipinski definition) is 1. The summed E-state index contributed by atoms with van der Waals surface area (Å²) in [7, 11) is 0. The van der Waals surface area contributed by atoms with E-state index in [-0.39, 0.29) is 6.61 Å². The Labute approximate surface area is 64.2 Å². The van der Waals surface area contributed by atoms with Gasteiger partial charge in [-0.15, -0.1) is 0 Å². The molecule has 0 spiro atoms. The average molecular weight is 166 g/mol. The summed E-state index contributed by atoms with van der Waals surface area (Å²) in [6.45, 7) is 0.0994. The maximum Gasteiger partial charge on any atom is 0.255 e. The highest BCUT2D eigenvalue weighted by Crippen LogP contribution is 2.33. The van der Waals surface area contributed by atoms with Crippen LogP contribution >= 0.6 is 0 Å². The lowest BCUT2D eigenvalue weighted by molar-refractivity contribution is -0.0754. The van der Waals surface area contributed by atoms with Crippen molar-refractivity contribution in [2.75, 3.05) is 19.8 Å². The van der Waals surface area contributed by atoms with Crippen molar-refractivity contribution >= 4 is 0 Å². The monoisotopic (exact) mass is 166 g/mol. The Bertz CT molecular complexity index is 122. The molecule has 1 aliphatic heterocycles. The molecule has 1 unspecified atom stereocenters. The largest absolute Gasteiger partial charge is 0.396 e. The van der Waals surface area contributed by atoms with Crippen LogP contribution in [0.2, 0.25) is 0 Å². The molecule has 0 aromatic heterocycles. The Morgan fingerprint density at radius 1 is 1.55 bits per heavy atom. The molecule has 66 valence electrons. The molecule has 2 nitrogen and oxygen atoms in total. The molecule has 1 saturated heterocycles. The second-order valence-electron chi connectivity index (χ2n) is 2.80. The van der Waals surface area contributed by atoms with Crippen LogP contribution in [0.5, 0.6) is 0 Å². The molecule has 0 radical (unpaired) electrons. The zero-order valence-corrected chi connectivity index (χ0v) is 6.22. The first kappa shape index (κ1) is 8.87. The van der Waals surface area contributed by atoms with E-state index in [1.54, 1.807) is 0 Å². The Morgan fingerprint density at radius 2 is 2.27 bits per heavy atom. The van der Waals surface area contributed by atoms with Crippen LogP contribution in [0.3, 0.4) is 0 Å². The predicted molar refractivity (Wildman–Crippen MR) is 35.6 cm³/mol. The molecule has 1 rings (SSSR count). The number of alkyl halides is 2. The van der Waals surface area contributed by atoms with Crippen LogP contribution in [0.4, 0.5) is 8.78 Å². The summed E-state index contributed by atoms with van der Waals surface area (Å²) in [6.07, 6.45) is -0.0337. The van der Waals surface area contributed by atoms with Gasteiger partial charge in [0, 0.05) is 25.6 Å². The van der Waals surface area contributed by atoms with E-state index in [1.807, 2.05) is 0 Å². The van der Waals surface area contributed by atoms with Crippen LogP contribution in [-0.2, 0) is 4.74 Å². The minimum atomic E-state index is -2.74. The van der Waals surface area contributed by atoms with Crippen molar-refractivity contribution in [3.8, 4) is 0 Å². The summed E-state index contributed by atoms with van der Waals surface area (Å²) in [5, 5.41) is 8.34. The minimum absolute atomic E-state index is 0.132. The predicted octanol–water partition coefficient (Wildman–Crippen LogP) is 1.04. The van der Waals surface area contributed by atoms with E-state index in [2.05, 4.69) is 0 Å². The first-order valence-corrected chi connectivity index (χ1v) is 3.73. The summed E-state index contributed by atoms with van der Waals surface area (Å²) < 4.78 is 30.6. The summed E-state index contributed by atoms with van der Waals surface area (Å²) >= 11 is 0. The van der Waals surface area contributed by atoms with Gasteiger partial charge < -0.3 is 9.84 Å². The topological polar surface area (TPSA) is 29.5 Å². The van der Waals surface area contributed by atoms with Gasteiger partial charge in [0.25, 0.3) is 5.92 Å². The van der Waals surface area contributed by atoms with E-state index in [9.17, 15) is 8.78 Å². The third kappa shape index (κ3) is 2.10. The first-order valence-electron chi connectivity index (χ1n) is 3.73. The molecule has 0 saturated carbocycles. The van der Waals surface area contributed by atoms with Crippen LogP contribution in [0.25, 0.3) is 0 Å². The molecule has 1 aliphatic rings. The van der Waals surface area contributed by atoms with Crippen LogP contribution < -0.4 is 0 Å². The Balaban J connectivity index is 2.41. The van der Waals surface area contributed by atoms with E-state index in [0.29, 0.717) is 13.0 Å². The van der Waals surface area contributed by atoms with Gasteiger partial charge in [-0.2, -0.15) is 0 Å². The summed E-state index contributed by atoms with van der Waals surface area (Å²) in [5.41, 5.74) is 0. The van der Waals surface area contributed by atoms with Gasteiger partial charge in [0.15, 0.2) is 0 Å². The van der Waals surface area contributed by atoms with E-state index < -0.39 is 24.9 Å². The lowest BCUT2D eigenvalue weighted by atomic mass is 9.98. The van der Waals surface area contributed by atoms with Gasteiger partial charge in [-0.1, -0.05) is 0 Å². The van der Waals surface area contributed by atoms with E-state index in [0.717, 1.165) is 0 Å². The quantitative estimate of drug-likeness (QED) is 0.678. The van der Waals surface area contributed by atoms with Gasteiger partial charge in [-0.25, -0.2) is 8.78 Å². The van der Waals surface area contributed by atoms with Crippen LogP contribution in [0, 0.1) is 5.92 Å². The van der Waals surface area contributed by atoms with E-state index in [1.165, 1.54) is 0 Å². The molecular formula is C7H12F2O2. The van der Waals surface area contributed by atoms with Crippen molar-refractivity contribution in [1.29, 1.82) is 0 Å². The SMILES string of the molecule is OCCC(F)(F)C1CCOC1. The summed E-state index contributed by atoms with van der Waals surface area (Å²) in [4.78, 5) is 0. The van der Waals surface area contributed by atoms with Gasteiger partial charge in [0.1, 0.15) is 0 Å². The minimum Gasteiger partial charge on any atom is -0.396 e. The summed E-state index contributed by atoms with van der Waals surface area (Å²) in [5.74, 6) is -3.43. The molecular weight excluding hydrogens is 154 g/mol. The van der Waals surface area contributed by atoms with Gasteiger partial charge in [-0.05, 0) is 6.42 Å². The van der Waals surface area contributed by atoms with Gasteiger partial charge in [0.05, 0.1) is 6.61 Å².